The molecule has 3 amide bonds. The standard InChI is InChI=1S/C16H16N4O6S/c17-14(21)9-19-15(22)13(27-16(19)23)8-10-7-11(20(24)25)1-2-12(10)18-3-5-26-6-4-18/h1-2,7-8H,3-6,9H2,(H2,17,21)/b13-8-. The monoisotopic (exact) mass is 392 g/mol. The molecule has 0 atom stereocenters. The summed E-state index contributed by atoms with van der Waals surface area (Å²) < 4.78 is 5.32. The predicted octanol–water partition coefficient (Wildman–Crippen LogP) is 0.953. The lowest BCUT2D eigenvalue weighted by Crippen LogP contribution is -2.37. The van der Waals surface area contributed by atoms with Gasteiger partial charge in [-0.3, -0.25) is 29.4 Å². The molecule has 11 heteroatoms. The molecule has 10 nitrogen and oxygen atoms in total. The van der Waals surface area contributed by atoms with Gasteiger partial charge in [-0.05, 0) is 23.9 Å². The smallest absolute Gasteiger partial charge is 0.294 e. The third kappa shape index (κ3) is 4.09. The molecule has 0 unspecified atom stereocenters. The van der Waals surface area contributed by atoms with E-state index in [0.717, 1.165) is 4.90 Å². The fraction of sp³-hybridized carbons (Fsp3) is 0.312. The van der Waals surface area contributed by atoms with E-state index in [-0.39, 0.29) is 10.6 Å². The van der Waals surface area contributed by atoms with Gasteiger partial charge in [-0.25, -0.2) is 0 Å². The third-order valence-corrected chi connectivity index (χ3v) is 4.96. The number of carbonyl (C=O) groups excluding carboxylic acids is 3. The molecule has 2 fully saturated rings. The van der Waals surface area contributed by atoms with Gasteiger partial charge in [0, 0.05) is 36.5 Å². The zero-order valence-corrected chi connectivity index (χ0v) is 14.9. The molecule has 0 spiro atoms. The van der Waals surface area contributed by atoms with E-state index in [9.17, 15) is 24.5 Å². The van der Waals surface area contributed by atoms with E-state index in [1.165, 1.54) is 18.2 Å². The number of nitro benzene ring substituents is 1. The van der Waals surface area contributed by atoms with Crippen LogP contribution in [-0.4, -0.2) is 59.7 Å². The minimum Gasteiger partial charge on any atom is -0.378 e. The van der Waals surface area contributed by atoms with Crippen LogP contribution in [0.2, 0.25) is 0 Å². The lowest BCUT2D eigenvalue weighted by molar-refractivity contribution is -0.384. The van der Waals surface area contributed by atoms with E-state index in [0.29, 0.717) is 49.3 Å². The number of primary amides is 1. The predicted molar refractivity (Wildman–Crippen MR) is 98.0 cm³/mol. The van der Waals surface area contributed by atoms with Crippen LogP contribution in [0.5, 0.6) is 0 Å². The maximum atomic E-state index is 12.4. The minimum absolute atomic E-state index is 0.0799. The van der Waals surface area contributed by atoms with Gasteiger partial charge in [0.15, 0.2) is 0 Å². The average Bonchev–Trinajstić information content (AvgIpc) is 2.89. The SMILES string of the molecule is NC(=O)CN1C(=O)S/C(=C\c2cc([N+](=O)[O-])ccc2N2CCOCC2)C1=O. The quantitative estimate of drug-likeness (QED) is 0.444. The second-order valence-electron chi connectivity index (χ2n) is 5.83. The molecule has 3 rings (SSSR count). The van der Waals surface area contributed by atoms with E-state index < -0.39 is 28.5 Å². The Hall–Kier alpha value is -2.92. The van der Waals surface area contributed by atoms with Crippen molar-refractivity contribution in [3.63, 3.8) is 0 Å². The normalized spacial score (nSPS) is 19.0. The topological polar surface area (TPSA) is 136 Å². The first-order chi connectivity index (χ1) is 12.9. The van der Waals surface area contributed by atoms with Crippen molar-refractivity contribution in [2.24, 2.45) is 5.73 Å². The Balaban J connectivity index is 1.98. The Morgan fingerprint density at radius 3 is 2.67 bits per heavy atom. The Morgan fingerprint density at radius 2 is 2.04 bits per heavy atom. The van der Waals surface area contributed by atoms with Crippen molar-refractivity contribution in [2.45, 2.75) is 0 Å². The summed E-state index contributed by atoms with van der Waals surface area (Å²) in [5.41, 5.74) is 6.07. The highest BCUT2D eigenvalue weighted by molar-refractivity contribution is 8.18. The van der Waals surface area contributed by atoms with E-state index in [1.54, 1.807) is 6.07 Å². The molecule has 0 aromatic heterocycles. The fourth-order valence-electron chi connectivity index (χ4n) is 2.80. The number of nitrogens with zero attached hydrogens (tertiary/aromatic N) is 3. The van der Waals surface area contributed by atoms with Gasteiger partial charge in [0.25, 0.3) is 16.8 Å². The summed E-state index contributed by atoms with van der Waals surface area (Å²) in [7, 11) is 0. The molecule has 2 heterocycles. The molecule has 2 saturated heterocycles. The van der Waals surface area contributed by atoms with Crippen LogP contribution in [0.15, 0.2) is 23.1 Å². The number of rotatable bonds is 5. The van der Waals surface area contributed by atoms with Crippen LogP contribution in [0.4, 0.5) is 16.2 Å². The number of thioether (sulfide) groups is 1. The van der Waals surface area contributed by atoms with Crippen LogP contribution in [0.25, 0.3) is 6.08 Å². The second kappa shape index (κ2) is 7.76. The lowest BCUT2D eigenvalue weighted by Gasteiger charge is -2.30. The number of morpholine rings is 1. The van der Waals surface area contributed by atoms with E-state index in [4.69, 9.17) is 10.5 Å². The van der Waals surface area contributed by atoms with Crippen LogP contribution in [0, 0.1) is 10.1 Å². The van der Waals surface area contributed by atoms with E-state index in [1.807, 2.05) is 4.90 Å². The molecule has 0 aliphatic carbocycles. The van der Waals surface area contributed by atoms with E-state index in [2.05, 4.69) is 0 Å². The number of hydrogen-bond acceptors (Lipinski definition) is 8. The zero-order valence-electron chi connectivity index (χ0n) is 14.1. The molecule has 2 aliphatic heterocycles. The molecule has 1 aromatic carbocycles. The number of ether oxygens (including phenoxy) is 1. The van der Waals surface area contributed by atoms with Gasteiger partial charge in [-0.1, -0.05) is 0 Å². The van der Waals surface area contributed by atoms with Crippen LogP contribution in [0.3, 0.4) is 0 Å². The number of hydrogen-bond donors (Lipinski definition) is 1. The first kappa shape index (κ1) is 18.9. The van der Waals surface area contributed by atoms with Crippen molar-refractivity contribution in [1.82, 2.24) is 4.90 Å². The highest BCUT2D eigenvalue weighted by Crippen LogP contribution is 2.35. The Bertz CT molecular complexity index is 849. The summed E-state index contributed by atoms with van der Waals surface area (Å²) in [6.45, 7) is 1.73. The number of carbonyl (C=O) groups is 3. The van der Waals surface area contributed by atoms with Crippen LogP contribution >= 0.6 is 11.8 Å². The lowest BCUT2D eigenvalue weighted by atomic mass is 10.1. The number of nitrogens with two attached hydrogens (primary N) is 1. The van der Waals surface area contributed by atoms with Gasteiger partial charge in [0.2, 0.25) is 5.91 Å². The van der Waals surface area contributed by atoms with Crippen LogP contribution in [-0.2, 0) is 14.3 Å². The minimum atomic E-state index is -0.803. The zero-order chi connectivity index (χ0) is 19.6. The third-order valence-electron chi connectivity index (χ3n) is 4.05. The molecule has 142 valence electrons. The molecule has 2 aliphatic rings. The van der Waals surface area contributed by atoms with E-state index >= 15 is 0 Å². The highest BCUT2D eigenvalue weighted by atomic mass is 32.2. The maximum Gasteiger partial charge on any atom is 0.294 e. The van der Waals surface area contributed by atoms with Gasteiger partial charge in [-0.15, -0.1) is 0 Å². The van der Waals surface area contributed by atoms with Crippen molar-refractivity contribution in [2.75, 3.05) is 37.7 Å². The fourth-order valence-corrected chi connectivity index (χ4v) is 3.63. The Morgan fingerprint density at radius 1 is 1.33 bits per heavy atom. The van der Waals surface area contributed by atoms with Crippen LogP contribution < -0.4 is 10.6 Å². The van der Waals surface area contributed by atoms with Crippen molar-refractivity contribution in [3.05, 3.63) is 38.8 Å². The number of nitro groups is 1. The largest absolute Gasteiger partial charge is 0.378 e. The highest BCUT2D eigenvalue weighted by Gasteiger charge is 2.36. The molecule has 2 N–H and O–H groups in total. The van der Waals surface area contributed by atoms with Gasteiger partial charge < -0.3 is 15.4 Å². The molecular formula is C16H16N4O6S. The first-order valence-corrected chi connectivity index (χ1v) is 8.83. The van der Waals surface area contributed by atoms with Crippen molar-refractivity contribution >= 4 is 46.3 Å². The van der Waals surface area contributed by atoms with Gasteiger partial charge >= 0.3 is 0 Å². The van der Waals surface area contributed by atoms with Crippen LogP contribution in [0.1, 0.15) is 5.56 Å². The maximum absolute atomic E-state index is 12.4. The van der Waals surface area contributed by atoms with Crippen molar-refractivity contribution in [1.29, 1.82) is 0 Å². The summed E-state index contributed by atoms with van der Waals surface area (Å²) in [5.74, 6) is -1.45. The van der Waals surface area contributed by atoms with Gasteiger partial charge in [0.05, 0.1) is 23.0 Å². The second-order valence-corrected chi connectivity index (χ2v) is 6.83. The van der Waals surface area contributed by atoms with Gasteiger partial charge in [0.1, 0.15) is 6.54 Å². The summed E-state index contributed by atoms with van der Waals surface area (Å²) in [5, 5.41) is 10.5. The Labute approximate surface area is 158 Å². The number of benzene rings is 1. The number of amides is 3. The van der Waals surface area contributed by atoms with Gasteiger partial charge in [-0.2, -0.15) is 0 Å². The van der Waals surface area contributed by atoms with Crippen molar-refractivity contribution in [3.8, 4) is 0 Å². The summed E-state index contributed by atoms with van der Waals surface area (Å²) in [4.78, 5) is 48.8. The molecule has 0 saturated carbocycles. The molecule has 1 aromatic rings. The number of imide groups is 1. The van der Waals surface area contributed by atoms with Crippen molar-refractivity contribution < 1.29 is 24.0 Å². The molecule has 0 radical (unpaired) electrons. The molecule has 27 heavy (non-hydrogen) atoms. The average molecular weight is 392 g/mol. The molecular weight excluding hydrogens is 376 g/mol. The summed E-state index contributed by atoms with van der Waals surface area (Å²) in [6, 6.07) is 4.36. The number of non-ortho nitro benzene ring substituents is 1. The molecule has 0 bridgehead atoms. The first-order valence-electron chi connectivity index (χ1n) is 8.01. The summed E-state index contributed by atoms with van der Waals surface area (Å²) >= 11 is 0.666. The number of anilines is 1. The summed E-state index contributed by atoms with van der Waals surface area (Å²) in [6.07, 6.45) is 1.43. The Kier molecular flexibility index (Phi) is 5.42.